The second-order valence-electron chi connectivity index (χ2n) is 5.16. The molecule has 0 radical (unpaired) electrons. The third-order valence-electron chi connectivity index (χ3n) is 4.07. The lowest BCUT2D eigenvalue weighted by molar-refractivity contribution is -0.166. The van der Waals surface area contributed by atoms with E-state index in [1.165, 1.54) is 51.6 Å². The van der Waals surface area contributed by atoms with Crippen LogP contribution >= 0.6 is 12.4 Å². The highest BCUT2D eigenvalue weighted by Crippen LogP contribution is 2.62. The van der Waals surface area contributed by atoms with E-state index in [2.05, 4.69) is 4.90 Å². The molecule has 2 nitrogen and oxygen atoms in total. The lowest BCUT2D eigenvalue weighted by atomic mass is 9.44. The van der Waals surface area contributed by atoms with Crippen molar-refractivity contribution in [3.05, 3.63) is 0 Å². The largest absolute Gasteiger partial charge is 0.325 e. The topological polar surface area (TPSA) is 29.3 Å². The van der Waals surface area contributed by atoms with Gasteiger partial charge in [0.1, 0.15) is 0 Å². The summed E-state index contributed by atoms with van der Waals surface area (Å²) in [6.07, 6.45) is 8.15. The van der Waals surface area contributed by atoms with E-state index in [-0.39, 0.29) is 17.9 Å². The second-order valence-corrected chi connectivity index (χ2v) is 5.16. The predicted molar refractivity (Wildman–Crippen MR) is 56.2 cm³/mol. The fourth-order valence-corrected chi connectivity index (χ4v) is 3.51. The number of nitrogens with two attached hydrogens (primary N) is 1. The van der Waals surface area contributed by atoms with Crippen LogP contribution < -0.4 is 5.73 Å². The van der Waals surface area contributed by atoms with Crippen LogP contribution in [-0.4, -0.2) is 29.1 Å². The van der Waals surface area contributed by atoms with Crippen LogP contribution in [0.3, 0.4) is 0 Å². The van der Waals surface area contributed by atoms with Gasteiger partial charge in [0, 0.05) is 11.1 Å². The van der Waals surface area contributed by atoms with E-state index >= 15 is 0 Å². The van der Waals surface area contributed by atoms with E-state index in [0.717, 1.165) is 0 Å². The maximum absolute atomic E-state index is 6.05. The first-order valence-corrected chi connectivity index (χ1v) is 5.27. The van der Waals surface area contributed by atoms with Crippen LogP contribution in [-0.2, 0) is 0 Å². The number of nitrogens with zero attached hydrogens (tertiary/aromatic N) is 1. The first-order valence-electron chi connectivity index (χ1n) is 5.27. The zero-order valence-corrected chi connectivity index (χ0v) is 8.91. The van der Waals surface area contributed by atoms with E-state index in [1.54, 1.807) is 0 Å². The SMILES string of the molecule is Cl.NC12CC(N3CCCCC3)(C1)C2. The van der Waals surface area contributed by atoms with E-state index in [1.807, 2.05) is 0 Å². The van der Waals surface area contributed by atoms with Crippen molar-refractivity contribution in [3.8, 4) is 0 Å². The summed E-state index contributed by atoms with van der Waals surface area (Å²) in [6, 6.07) is 0. The summed E-state index contributed by atoms with van der Waals surface area (Å²) in [6.45, 7) is 2.69. The lowest BCUT2D eigenvalue weighted by Crippen LogP contribution is -2.82. The van der Waals surface area contributed by atoms with Crippen LogP contribution in [0.5, 0.6) is 0 Å². The number of piperidine rings is 1. The Hall–Kier alpha value is 0.210. The normalized spacial score (nSPS) is 48.7. The lowest BCUT2D eigenvalue weighted by Gasteiger charge is -2.73. The van der Waals surface area contributed by atoms with Crippen LogP contribution in [0.15, 0.2) is 0 Å². The number of halogens is 1. The minimum absolute atomic E-state index is 0. The minimum Gasteiger partial charge on any atom is -0.325 e. The van der Waals surface area contributed by atoms with Crippen LogP contribution in [0.25, 0.3) is 0 Å². The molecule has 0 aromatic carbocycles. The Balaban J connectivity index is 0.000000653. The maximum atomic E-state index is 6.05. The fourth-order valence-electron chi connectivity index (χ4n) is 3.51. The van der Waals surface area contributed by atoms with Crippen molar-refractivity contribution in [1.29, 1.82) is 0 Å². The fraction of sp³-hybridized carbons (Fsp3) is 1.00. The molecule has 4 fully saturated rings. The molecule has 4 rings (SSSR count). The number of hydrogen-bond acceptors (Lipinski definition) is 2. The molecule has 3 aliphatic carbocycles. The Bertz CT molecular complexity index is 191. The highest BCUT2D eigenvalue weighted by molar-refractivity contribution is 5.85. The maximum Gasteiger partial charge on any atom is 0.0262 e. The zero-order valence-electron chi connectivity index (χ0n) is 8.09. The van der Waals surface area contributed by atoms with Crippen molar-refractivity contribution in [2.24, 2.45) is 5.73 Å². The molecule has 76 valence electrons. The molecule has 2 N–H and O–H groups in total. The van der Waals surface area contributed by atoms with Crippen molar-refractivity contribution in [1.82, 2.24) is 4.90 Å². The van der Waals surface area contributed by atoms with Crippen molar-refractivity contribution in [3.63, 3.8) is 0 Å². The standard InChI is InChI=1S/C10H18N2.ClH/c11-9-6-10(7-9,8-9)12-4-2-1-3-5-12;/h1-8,11H2;1H. The molecule has 1 saturated heterocycles. The second kappa shape index (κ2) is 2.85. The van der Waals surface area contributed by atoms with Crippen LogP contribution in [0.2, 0.25) is 0 Å². The molecule has 3 heteroatoms. The van der Waals surface area contributed by atoms with Crippen molar-refractivity contribution in [2.45, 2.75) is 49.6 Å². The number of rotatable bonds is 1. The number of likely N-dealkylation sites (tertiary alicyclic amines) is 1. The molecule has 1 heterocycles. The summed E-state index contributed by atoms with van der Waals surface area (Å²) < 4.78 is 0. The van der Waals surface area contributed by atoms with Gasteiger partial charge in [0.2, 0.25) is 0 Å². The van der Waals surface area contributed by atoms with Crippen LogP contribution in [0.1, 0.15) is 38.5 Å². The Morgan fingerprint density at radius 1 is 0.923 bits per heavy atom. The smallest absolute Gasteiger partial charge is 0.0262 e. The summed E-state index contributed by atoms with van der Waals surface area (Å²) in [5.41, 5.74) is 6.95. The number of hydrogen-bond donors (Lipinski definition) is 1. The Morgan fingerprint density at radius 2 is 1.46 bits per heavy atom. The van der Waals surface area contributed by atoms with E-state index < -0.39 is 0 Å². The molecule has 0 amide bonds. The summed E-state index contributed by atoms with van der Waals surface area (Å²) in [5.74, 6) is 0. The van der Waals surface area contributed by atoms with Gasteiger partial charge in [-0.05, 0) is 45.2 Å². The summed E-state index contributed by atoms with van der Waals surface area (Å²) >= 11 is 0. The summed E-state index contributed by atoms with van der Waals surface area (Å²) in [4.78, 5) is 2.71. The third-order valence-corrected chi connectivity index (χ3v) is 4.07. The highest BCUT2D eigenvalue weighted by Gasteiger charge is 2.68. The Kier molecular flexibility index (Phi) is 2.14. The Labute approximate surface area is 86.3 Å². The van der Waals surface area contributed by atoms with Crippen LogP contribution in [0, 0.1) is 0 Å². The van der Waals surface area contributed by atoms with Gasteiger partial charge in [0.25, 0.3) is 0 Å². The summed E-state index contributed by atoms with van der Waals surface area (Å²) in [7, 11) is 0. The molecule has 0 atom stereocenters. The first kappa shape index (κ1) is 9.75. The van der Waals surface area contributed by atoms with E-state index in [9.17, 15) is 0 Å². The average molecular weight is 203 g/mol. The van der Waals surface area contributed by atoms with Crippen molar-refractivity contribution < 1.29 is 0 Å². The van der Waals surface area contributed by atoms with Gasteiger partial charge in [-0.3, -0.25) is 4.90 Å². The van der Waals surface area contributed by atoms with Crippen LogP contribution in [0.4, 0.5) is 0 Å². The molecule has 0 aromatic rings. The summed E-state index contributed by atoms with van der Waals surface area (Å²) in [5, 5.41) is 0. The third kappa shape index (κ3) is 1.23. The van der Waals surface area contributed by atoms with Gasteiger partial charge in [0.05, 0.1) is 0 Å². The van der Waals surface area contributed by atoms with Gasteiger partial charge in [-0.2, -0.15) is 0 Å². The van der Waals surface area contributed by atoms with Crippen molar-refractivity contribution in [2.75, 3.05) is 13.1 Å². The van der Waals surface area contributed by atoms with E-state index in [0.29, 0.717) is 5.54 Å². The molecule has 0 aromatic heterocycles. The van der Waals surface area contributed by atoms with Gasteiger partial charge >= 0.3 is 0 Å². The van der Waals surface area contributed by atoms with Gasteiger partial charge in [0.15, 0.2) is 0 Å². The molecule has 3 saturated carbocycles. The Morgan fingerprint density at radius 3 is 1.92 bits per heavy atom. The molecule has 0 unspecified atom stereocenters. The molecule has 4 aliphatic rings. The monoisotopic (exact) mass is 202 g/mol. The molecule has 1 aliphatic heterocycles. The van der Waals surface area contributed by atoms with E-state index in [4.69, 9.17) is 5.73 Å². The highest BCUT2D eigenvalue weighted by atomic mass is 35.5. The minimum atomic E-state index is 0. The molecule has 13 heavy (non-hydrogen) atoms. The molecule has 2 bridgehead atoms. The van der Waals surface area contributed by atoms with Gasteiger partial charge in [-0.15, -0.1) is 12.4 Å². The molecular formula is C10H19ClN2. The predicted octanol–water partition coefficient (Wildman–Crippen LogP) is 1.53. The molecular weight excluding hydrogens is 184 g/mol. The molecule has 0 spiro atoms. The van der Waals surface area contributed by atoms with Gasteiger partial charge in [-0.1, -0.05) is 6.42 Å². The first-order chi connectivity index (χ1) is 5.73. The average Bonchev–Trinajstić information content (AvgIpc) is 1.99. The quantitative estimate of drug-likeness (QED) is 0.699. The van der Waals surface area contributed by atoms with Crippen molar-refractivity contribution >= 4 is 12.4 Å². The van der Waals surface area contributed by atoms with Gasteiger partial charge < -0.3 is 5.73 Å². The van der Waals surface area contributed by atoms with Gasteiger partial charge in [-0.25, -0.2) is 0 Å². The zero-order chi connectivity index (χ0) is 8.23.